The molecule has 0 unspecified atom stereocenters. The van der Waals surface area contributed by atoms with Crippen molar-refractivity contribution in [1.82, 2.24) is 9.97 Å². The first kappa shape index (κ1) is 15.1. The van der Waals surface area contributed by atoms with Crippen molar-refractivity contribution in [3.63, 3.8) is 0 Å². The standard InChI is InChI=1S/C16H22N4O/c1-3-4-10-17-16-18-11-9-15(20-16)19-12-13-7-5-6-8-14(13)21-2/h5-9,11H,3-4,10,12H2,1-2H3,(H2,17,18,19,20). The summed E-state index contributed by atoms with van der Waals surface area (Å²) in [6, 6.07) is 9.81. The Morgan fingerprint density at radius 1 is 1.14 bits per heavy atom. The maximum absolute atomic E-state index is 5.34. The van der Waals surface area contributed by atoms with Gasteiger partial charge in [0.05, 0.1) is 7.11 Å². The highest BCUT2D eigenvalue weighted by molar-refractivity contribution is 5.42. The van der Waals surface area contributed by atoms with Gasteiger partial charge >= 0.3 is 0 Å². The molecule has 0 atom stereocenters. The molecule has 0 aliphatic carbocycles. The van der Waals surface area contributed by atoms with Gasteiger partial charge in [0.15, 0.2) is 0 Å². The van der Waals surface area contributed by atoms with Gasteiger partial charge in [0, 0.05) is 24.8 Å². The third-order valence-electron chi connectivity index (χ3n) is 3.12. The summed E-state index contributed by atoms with van der Waals surface area (Å²) in [7, 11) is 1.68. The number of para-hydroxylation sites is 1. The van der Waals surface area contributed by atoms with Crippen LogP contribution in [0.2, 0.25) is 0 Å². The van der Waals surface area contributed by atoms with Crippen LogP contribution >= 0.6 is 0 Å². The Balaban J connectivity index is 1.95. The van der Waals surface area contributed by atoms with E-state index in [1.54, 1.807) is 13.3 Å². The van der Waals surface area contributed by atoms with E-state index in [0.29, 0.717) is 12.5 Å². The SMILES string of the molecule is CCCCNc1nccc(NCc2ccccc2OC)n1. The van der Waals surface area contributed by atoms with Crippen molar-refractivity contribution in [1.29, 1.82) is 0 Å². The Bertz CT molecular complexity index is 559. The van der Waals surface area contributed by atoms with Crippen LogP contribution < -0.4 is 15.4 Å². The van der Waals surface area contributed by atoms with E-state index in [4.69, 9.17) is 4.74 Å². The topological polar surface area (TPSA) is 59.1 Å². The molecule has 0 radical (unpaired) electrons. The lowest BCUT2D eigenvalue weighted by Crippen LogP contribution is -2.08. The number of hydrogen-bond donors (Lipinski definition) is 2. The van der Waals surface area contributed by atoms with Gasteiger partial charge in [-0.05, 0) is 18.6 Å². The molecule has 2 aromatic rings. The van der Waals surface area contributed by atoms with Gasteiger partial charge in [0.25, 0.3) is 0 Å². The Kier molecular flexibility index (Phi) is 5.82. The van der Waals surface area contributed by atoms with Crippen molar-refractivity contribution in [2.24, 2.45) is 0 Å². The molecule has 1 aromatic carbocycles. The minimum atomic E-state index is 0.661. The number of anilines is 2. The van der Waals surface area contributed by atoms with Gasteiger partial charge in [-0.15, -0.1) is 0 Å². The van der Waals surface area contributed by atoms with Crippen LogP contribution in [0.15, 0.2) is 36.5 Å². The second-order valence-electron chi connectivity index (χ2n) is 4.71. The number of nitrogens with one attached hydrogen (secondary N) is 2. The number of hydrogen-bond acceptors (Lipinski definition) is 5. The second-order valence-corrected chi connectivity index (χ2v) is 4.71. The van der Waals surface area contributed by atoms with Crippen LogP contribution in [0.4, 0.5) is 11.8 Å². The maximum atomic E-state index is 5.34. The van der Waals surface area contributed by atoms with Crippen molar-refractivity contribution in [2.75, 3.05) is 24.3 Å². The molecule has 5 heteroatoms. The van der Waals surface area contributed by atoms with Gasteiger partial charge in [-0.3, -0.25) is 0 Å². The fourth-order valence-corrected chi connectivity index (χ4v) is 1.95. The van der Waals surface area contributed by atoms with Crippen molar-refractivity contribution in [3.05, 3.63) is 42.1 Å². The zero-order chi connectivity index (χ0) is 14.9. The van der Waals surface area contributed by atoms with Crippen LogP contribution in [0.25, 0.3) is 0 Å². The number of ether oxygens (including phenoxy) is 1. The second kappa shape index (κ2) is 8.09. The summed E-state index contributed by atoms with van der Waals surface area (Å²) in [5.41, 5.74) is 1.10. The lowest BCUT2D eigenvalue weighted by atomic mass is 10.2. The van der Waals surface area contributed by atoms with Gasteiger partial charge in [0.1, 0.15) is 11.6 Å². The lowest BCUT2D eigenvalue weighted by Gasteiger charge is -2.10. The highest BCUT2D eigenvalue weighted by Gasteiger charge is 2.03. The molecule has 0 bridgehead atoms. The highest BCUT2D eigenvalue weighted by atomic mass is 16.5. The molecule has 1 aromatic heterocycles. The summed E-state index contributed by atoms with van der Waals surface area (Å²) in [5, 5.41) is 6.52. The van der Waals surface area contributed by atoms with E-state index in [1.807, 2.05) is 30.3 Å². The number of nitrogens with zero attached hydrogens (tertiary/aromatic N) is 2. The predicted molar refractivity (Wildman–Crippen MR) is 85.8 cm³/mol. The number of unbranched alkanes of at least 4 members (excludes halogenated alkanes) is 1. The Morgan fingerprint density at radius 3 is 2.81 bits per heavy atom. The summed E-state index contributed by atoms with van der Waals surface area (Å²) >= 11 is 0. The third kappa shape index (κ3) is 4.63. The zero-order valence-electron chi connectivity index (χ0n) is 12.6. The molecule has 0 spiro atoms. The molecule has 0 aliphatic rings. The van der Waals surface area contributed by atoms with E-state index in [1.165, 1.54) is 0 Å². The molecule has 1 heterocycles. The molecule has 2 rings (SSSR count). The first-order valence-electron chi connectivity index (χ1n) is 7.26. The first-order chi connectivity index (χ1) is 10.3. The number of aromatic nitrogens is 2. The molecule has 0 amide bonds. The van der Waals surface area contributed by atoms with Gasteiger partial charge in [-0.25, -0.2) is 4.98 Å². The average molecular weight is 286 g/mol. The molecule has 5 nitrogen and oxygen atoms in total. The molecule has 0 saturated carbocycles. The van der Waals surface area contributed by atoms with Crippen molar-refractivity contribution >= 4 is 11.8 Å². The highest BCUT2D eigenvalue weighted by Crippen LogP contribution is 2.18. The summed E-state index contributed by atoms with van der Waals surface area (Å²) in [6.45, 7) is 3.72. The van der Waals surface area contributed by atoms with Gasteiger partial charge < -0.3 is 15.4 Å². The fraction of sp³-hybridized carbons (Fsp3) is 0.375. The summed E-state index contributed by atoms with van der Waals surface area (Å²) in [6.07, 6.45) is 4.02. The van der Waals surface area contributed by atoms with Crippen LogP contribution in [0.5, 0.6) is 5.75 Å². The number of methoxy groups -OCH3 is 1. The number of benzene rings is 1. The molecule has 0 fully saturated rings. The zero-order valence-corrected chi connectivity index (χ0v) is 12.6. The maximum Gasteiger partial charge on any atom is 0.224 e. The van der Waals surface area contributed by atoms with Crippen LogP contribution in [-0.4, -0.2) is 23.6 Å². The van der Waals surface area contributed by atoms with Crippen LogP contribution in [0.3, 0.4) is 0 Å². The molecule has 2 N–H and O–H groups in total. The van der Waals surface area contributed by atoms with Crippen molar-refractivity contribution in [3.8, 4) is 5.75 Å². The van der Waals surface area contributed by atoms with E-state index in [0.717, 1.165) is 36.5 Å². The Hall–Kier alpha value is -2.30. The van der Waals surface area contributed by atoms with Gasteiger partial charge in [0.2, 0.25) is 5.95 Å². The summed E-state index contributed by atoms with van der Waals surface area (Å²) < 4.78 is 5.34. The van der Waals surface area contributed by atoms with E-state index in [9.17, 15) is 0 Å². The quantitative estimate of drug-likeness (QED) is 0.729. The molecular weight excluding hydrogens is 264 g/mol. The summed E-state index contributed by atoms with van der Waals surface area (Å²) in [4.78, 5) is 8.65. The molecule has 0 saturated heterocycles. The van der Waals surface area contributed by atoms with E-state index in [2.05, 4.69) is 27.5 Å². The average Bonchev–Trinajstić information content (AvgIpc) is 2.54. The minimum absolute atomic E-state index is 0.661. The van der Waals surface area contributed by atoms with Gasteiger partial charge in [-0.2, -0.15) is 4.98 Å². The van der Waals surface area contributed by atoms with Crippen LogP contribution in [-0.2, 0) is 6.54 Å². The van der Waals surface area contributed by atoms with E-state index >= 15 is 0 Å². The minimum Gasteiger partial charge on any atom is -0.496 e. The van der Waals surface area contributed by atoms with Crippen LogP contribution in [0, 0.1) is 0 Å². The van der Waals surface area contributed by atoms with Gasteiger partial charge in [-0.1, -0.05) is 31.5 Å². The normalized spacial score (nSPS) is 10.2. The summed E-state index contributed by atoms with van der Waals surface area (Å²) in [5.74, 6) is 2.34. The van der Waals surface area contributed by atoms with Crippen molar-refractivity contribution < 1.29 is 4.74 Å². The third-order valence-corrected chi connectivity index (χ3v) is 3.12. The van der Waals surface area contributed by atoms with E-state index in [-0.39, 0.29) is 0 Å². The smallest absolute Gasteiger partial charge is 0.224 e. The monoisotopic (exact) mass is 286 g/mol. The van der Waals surface area contributed by atoms with E-state index < -0.39 is 0 Å². The Morgan fingerprint density at radius 2 is 2.00 bits per heavy atom. The molecule has 112 valence electrons. The van der Waals surface area contributed by atoms with Crippen molar-refractivity contribution in [2.45, 2.75) is 26.3 Å². The molecule has 21 heavy (non-hydrogen) atoms. The predicted octanol–water partition coefficient (Wildman–Crippen LogP) is 3.31. The lowest BCUT2D eigenvalue weighted by molar-refractivity contribution is 0.410. The Labute approximate surface area is 125 Å². The molecule has 0 aliphatic heterocycles. The first-order valence-corrected chi connectivity index (χ1v) is 7.26. The number of rotatable bonds is 8. The molecular formula is C16H22N4O. The largest absolute Gasteiger partial charge is 0.496 e. The fourth-order valence-electron chi connectivity index (χ4n) is 1.95. The van der Waals surface area contributed by atoms with Crippen LogP contribution in [0.1, 0.15) is 25.3 Å².